The Balaban J connectivity index is 1.47. The van der Waals surface area contributed by atoms with E-state index in [-0.39, 0.29) is 22.7 Å². The van der Waals surface area contributed by atoms with Crippen molar-refractivity contribution in [2.24, 2.45) is 10.9 Å². The van der Waals surface area contributed by atoms with Crippen LogP contribution in [0.15, 0.2) is 65.7 Å². The van der Waals surface area contributed by atoms with Crippen LogP contribution in [-0.2, 0) is 4.79 Å². The van der Waals surface area contributed by atoms with Crippen LogP contribution in [0.4, 0.5) is 21.5 Å². The van der Waals surface area contributed by atoms with Crippen LogP contribution in [-0.4, -0.2) is 47.2 Å². The van der Waals surface area contributed by atoms with Gasteiger partial charge in [-0.05, 0) is 67.4 Å². The molecule has 1 heterocycles. The highest BCUT2D eigenvalue weighted by atomic mass is 19.1. The summed E-state index contributed by atoms with van der Waals surface area (Å²) in [4.78, 5) is 43.2. The van der Waals surface area contributed by atoms with Gasteiger partial charge in [0.05, 0.1) is 34.8 Å². The number of rotatable bonds is 7. The van der Waals surface area contributed by atoms with Crippen LogP contribution in [0.25, 0.3) is 0 Å². The number of aliphatic imine (C=N–C) groups is 1. The number of nitrogens with zero attached hydrogens (tertiary/aromatic N) is 2. The van der Waals surface area contributed by atoms with Gasteiger partial charge >= 0.3 is 5.97 Å². The molecule has 8 nitrogen and oxygen atoms in total. The SMILES string of the molecule is C#Cc1ccc(NC(=O)c2cc(C#C)ccc2NC(=O)c2ccc(N=CN3CCC(C(=O)O)CC3)cc2F)cc1. The summed E-state index contributed by atoms with van der Waals surface area (Å²) < 4.78 is 14.9. The molecule has 0 radical (unpaired) electrons. The minimum Gasteiger partial charge on any atom is -0.481 e. The van der Waals surface area contributed by atoms with E-state index in [9.17, 15) is 18.8 Å². The first-order chi connectivity index (χ1) is 19.3. The maximum Gasteiger partial charge on any atom is 0.306 e. The summed E-state index contributed by atoms with van der Waals surface area (Å²) in [6.07, 6.45) is 13.4. The number of benzene rings is 3. The smallest absolute Gasteiger partial charge is 0.306 e. The number of piperidine rings is 1. The zero-order valence-corrected chi connectivity index (χ0v) is 21.4. The highest BCUT2D eigenvalue weighted by molar-refractivity contribution is 6.12. The predicted molar refractivity (Wildman–Crippen MR) is 151 cm³/mol. The normalized spacial score (nSPS) is 13.3. The number of carbonyl (C=O) groups excluding carboxylic acids is 2. The molecule has 3 aromatic rings. The topological polar surface area (TPSA) is 111 Å². The van der Waals surface area contributed by atoms with Gasteiger partial charge in [0.15, 0.2) is 0 Å². The molecule has 40 heavy (non-hydrogen) atoms. The maximum atomic E-state index is 14.9. The van der Waals surface area contributed by atoms with Crippen molar-refractivity contribution in [3.8, 4) is 24.7 Å². The van der Waals surface area contributed by atoms with Crippen LogP contribution in [0.5, 0.6) is 0 Å². The Hall–Kier alpha value is -5.41. The second-order valence-corrected chi connectivity index (χ2v) is 9.09. The average molecular weight is 537 g/mol. The van der Waals surface area contributed by atoms with Crippen LogP contribution >= 0.6 is 0 Å². The summed E-state index contributed by atoms with van der Waals surface area (Å²) in [5.74, 6) is 1.70. The van der Waals surface area contributed by atoms with E-state index >= 15 is 0 Å². The molecule has 0 unspecified atom stereocenters. The summed E-state index contributed by atoms with van der Waals surface area (Å²) in [5.41, 5.74) is 1.86. The lowest BCUT2D eigenvalue weighted by atomic mass is 9.98. The molecule has 0 aliphatic carbocycles. The lowest BCUT2D eigenvalue weighted by Crippen LogP contribution is -2.35. The Morgan fingerprint density at radius 1 is 0.900 bits per heavy atom. The third kappa shape index (κ3) is 6.72. The molecule has 1 fully saturated rings. The number of amides is 2. The van der Waals surface area contributed by atoms with E-state index in [2.05, 4.69) is 27.5 Å². The van der Waals surface area contributed by atoms with Crippen molar-refractivity contribution in [3.63, 3.8) is 0 Å². The number of carbonyl (C=O) groups is 3. The zero-order valence-electron chi connectivity index (χ0n) is 21.4. The van der Waals surface area contributed by atoms with Crippen molar-refractivity contribution in [3.05, 3.63) is 88.7 Å². The number of nitrogens with one attached hydrogen (secondary N) is 2. The van der Waals surface area contributed by atoms with Gasteiger partial charge in [0.1, 0.15) is 5.82 Å². The van der Waals surface area contributed by atoms with E-state index in [1.165, 1.54) is 24.3 Å². The van der Waals surface area contributed by atoms with E-state index in [1.807, 2.05) is 4.90 Å². The van der Waals surface area contributed by atoms with Gasteiger partial charge in [-0.1, -0.05) is 11.8 Å². The number of hydrogen-bond acceptors (Lipinski definition) is 4. The average Bonchev–Trinajstić information content (AvgIpc) is 2.96. The third-order valence-electron chi connectivity index (χ3n) is 6.43. The lowest BCUT2D eigenvalue weighted by molar-refractivity contribution is -0.143. The van der Waals surface area contributed by atoms with Crippen molar-refractivity contribution in [1.29, 1.82) is 0 Å². The summed E-state index contributed by atoms with van der Waals surface area (Å²) >= 11 is 0. The Bertz CT molecular complexity index is 1560. The second-order valence-electron chi connectivity index (χ2n) is 9.09. The van der Waals surface area contributed by atoms with Gasteiger partial charge in [0.25, 0.3) is 11.8 Å². The number of anilines is 2. The largest absolute Gasteiger partial charge is 0.481 e. The minimum absolute atomic E-state index is 0.0955. The molecule has 2 amide bonds. The fraction of sp³-hybridized carbons (Fsp3) is 0.161. The monoisotopic (exact) mass is 536 g/mol. The Labute approximate surface area is 230 Å². The summed E-state index contributed by atoms with van der Waals surface area (Å²) in [6, 6.07) is 15.1. The Morgan fingerprint density at radius 2 is 1.55 bits per heavy atom. The van der Waals surface area contributed by atoms with Gasteiger partial charge in [-0.15, -0.1) is 12.8 Å². The number of likely N-dealkylation sites (tertiary alicyclic amines) is 1. The summed E-state index contributed by atoms with van der Waals surface area (Å²) in [5, 5.41) is 14.4. The quantitative estimate of drug-likeness (QED) is 0.229. The number of carboxylic acid groups (broad SMARTS) is 1. The van der Waals surface area contributed by atoms with Crippen LogP contribution in [0.1, 0.15) is 44.7 Å². The van der Waals surface area contributed by atoms with E-state index < -0.39 is 23.6 Å². The van der Waals surface area contributed by atoms with Crippen LogP contribution < -0.4 is 10.6 Å². The molecule has 0 spiro atoms. The van der Waals surface area contributed by atoms with Crippen molar-refractivity contribution in [2.45, 2.75) is 12.8 Å². The van der Waals surface area contributed by atoms with Gasteiger partial charge in [0.2, 0.25) is 0 Å². The van der Waals surface area contributed by atoms with Crippen molar-refractivity contribution in [2.75, 3.05) is 23.7 Å². The van der Waals surface area contributed by atoms with E-state index in [1.54, 1.807) is 36.7 Å². The van der Waals surface area contributed by atoms with Gasteiger partial charge in [-0.3, -0.25) is 14.4 Å². The van der Waals surface area contributed by atoms with Crippen LogP contribution in [0, 0.1) is 36.4 Å². The fourth-order valence-electron chi connectivity index (χ4n) is 4.15. The minimum atomic E-state index is -0.803. The molecule has 1 aliphatic rings. The molecule has 0 saturated carbocycles. The van der Waals surface area contributed by atoms with Gasteiger partial charge in [0, 0.05) is 36.0 Å². The van der Waals surface area contributed by atoms with E-state index in [0.717, 1.165) is 6.07 Å². The summed E-state index contributed by atoms with van der Waals surface area (Å²) in [6.45, 7) is 1.07. The van der Waals surface area contributed by atoms with Gasteiger partial charge in [-0.2, -0.15) is 0 Å². The van der Waals surface area contributed by atoms with Crippen LogP contribution in [0.3, 0.4) is 0 Å². The Kier molecular flexibility index (Phi) is 8.58. The zero-order chi connectivity index (χ0) is 28.6. The fourth-order valence-corrected chi connectivity index (χ4v) is 4.15. The first kappa shape index (κ1) is 27.6. The van der Waals surface area contributed by atoms with E-state index in [4.69, 9.17) is 18.0 Å². The molecular weight excluding hydrogens is 511 g/mol. The molecule has 1 aliphatic heterocycles. The molecule has 0 aromatic heterocycles. The lowest BCUT2D eigenvalue weighted by Gasteiger charge is -2.28. The molecule has 9 heteroatoms. The predicted octanol–water partition coefficient (Wildman–Crippen LogP) is 4.75. The number of hydrogen-bond donors (Lipinski definition) is 3. The summed E-state index contributed by atoms with van der Waals surface area (Å²) in [7, 11) is 0. The Morgan fingerprint density at radius 3 is 2.17 bits per heavy atom. The standard InChI is InChI=1S/C31H25FN4O4/c1-3-20-5-8-23(9-6-20)34-30(38)26-17-21(4-2)7-12-28(26)35-29(37)25-11-10-24(18-27(25)32)33-19-36-15-13-22(14-16-36)31(39)40/h1-2,5-12,17-19,22H,13-16H2,(H,34,38)(H,35,37)(H,39,40). The first-order valence-corrected chi connectivity index (χ1v) is 12.4. The second kappa shape index (κ2) is 12.4. The molecule has 200 valence electrons. The van der Waals surface area contributed by atoms with E-state index in [0.29, 0.717) is 48.4 Å². The molecule has 4 rings (SSSR count). The van der Waals surface area contributed by atoms with Crippen molar-refractivity contribution in [1.82, 2.24) is 4.90 Å². The van der Waals surface area contributed by atoms with Gasteiger partial charge in [-0.25, -0.2) is 9.38 Å². The highest BCUT2D eigenvalue weighted by Crippen LogP contribution is 2.23. The highest BCUT2D eigenvalue weighted by Gasteiger charge is 2.23. The van der Waals surface area contributed by atoms with Crippen molar-refractivity contribution >= 4 is 41.2 Å². The van der Waals surface area contributed by atoms with Gasteiger partial charge < -0.3 is 20.6 Å². The molecule has 3 N–H and O–H groups in total. The number of carboxylic acids is 1. The molecular formula is C31H25FN4O4. The number of halogens is 1. The first-order valence-electron chi connectivity index (χ1n) is 12.4. The molecule has 3 aromatic carbocycles. The third-order valence-corrected chi connectivity index (χ3v) is 6.43. The van der Waals surface area contributed by atoms with Crippen molar-refractivity contribution < 1.29 is 23.9 Å². The molecule has 1 saturated heterocycles. The molecule has 0 bridgehead atoms. The molecule has 0 atom stereocenters. The van der Waals surface area contributed by atoms with Crippen LogP contribution in [0.2, 0.25) is 0 Å². The number of terminal acetylenes is 2. The number of aliphatic carboxylic acids is 1. The maximum absolute atomic E-state index is 14.9.